The molecule has 0 aromatic carbocycles. The lowest BCUT2D eigenvalue weighted by Crippen LogP contribution is -2.42. The first-order chi connectivity index (χ1) is 9.22. The van der Waals surface area contributed by atoms with Gasteiger partial charge in [0.2, 0.25) is 5.91 Å². The quantitative estimate of drug-likeness (QED) is 0.791. The molecule has 1 N–H and O–H groups in total. The summed E-state index contributed by atoms with van der Waals surface area (Å²) in [5, 5.41) is 9.43. The van der Waals surface area contributed by atoms with E-state index in [0.29, 0.717) is 13.0 Å². The number of carbonyl (C=O) groups excluding carboxylic acids is 1. The Balaban J connectivity index is 2.76. The molecule has 1 rings (SSSR count). The number of rotatable bonds is 8. The van der Waals surface area contributed by atoms with Crippen LogP contribution in [0.5, 0.6) is 0 Å². The molecule has 0 unspecified atom stereocenters. The lowest BCUT2D eigenvalue weighted by molar-refractivity contribution is -0.134. The summed E-state index contributed by atoms with van der Waals surface area (Å²) in [7, 11) is 0. The molecular weight excluding hydrogens is 260 g/mol. The summed E-state index contributed by atoms with van der Waals surface area (Å²) in [5.74, 6) is 0.889. The maximum Gasteiger partial charge on any atom is 0.224 e. The van der Waals surface area contributed by atoms with Gasteiger partial charge in [-0.05, 0) is 24.8 Å². The zero-order valence-electron chi connectivity index (χ0n) is 11.6. The van der Waals surface area contributed by atoms with Gasteiger partial charge in [0.25, 0.3) is 0 Å². The summed E-state index contributed by atoms with van der Waals surface area (Å²) in [6.07, 6.45) is 4.96. The fourth-order valence-electron chi connectivity index (χ4n) is 1.87. The molecule has 1 amide bonds. The molecule has 19 heavy (non-hydrogen) atoms. The summed E-state index contributed by atoms with van der Waals surface area (Å²) < 4.78 is 0. The monoisotopic (exact) mass is 282 g/mol. The predicted molar refractivity (Wildman–Crippen MR) is 79.0 cm³/mol. The Morgan fingerprint density at radius 2 is 2.32 bits per heavy atom. The van der Waals surface area contributed by atoms with Crippen molar-refractivity contribution in [1.82, 2.24) is 9.88 Å². The number of carbonyl (C=O) groups is 1. The molecule has 1 heterocycles. The molecule has 0 aliphatic heterocycles. The third-order valence-corrected chi connectivity index (χ3v) is 3.63. The third-order valence-electron chi connectivity index (χ3n) is 3.02. The molecule has 0 saturated heterocycles. The van der Waals surface area contributed by atoms with Gasteiger partial charge in [-0.1, -0.05) is 13.0 Å². The minimum absolute atomic E-state index is 0.00561. The Morgan fingerprint density at radius 3 is 2.84 bits per heavy atom. The number of aromatic nitrogens is 1. The highest BCUT2D eigenvalue weighted by Gasteiger charge is 2.21. The number of amides is 1. The number of aliphatic hydroxyl groups is 1. The molecule has 1 aromatic rings. The van der Waals surface area contributed by atoms with Crippen LogP contribution in [0.15, 0.2) is 24.4 Å². The standard InChI is InChI=1S/C14H22N2O2S/c1-3-13(11-17)16(14(18)7-9-19-2)10-12-6-4-5-8-15-12/h4-6,8,13,17H,3,7,9-11H2,1-2H3/t13-/m1/s1. The second-order valence-corrected chi connectivity index (χ2v) is 5.32. The summed E-state index contributed by atoms with van der Waals surface area (Å²) >= 11 is 1.65. The molecular formula is C14H22N2O2S. The average molecular weight is 282 g/mol. The van der Waals surface area contributed by atoms with E-state index >= 15 is 0 Å². The zero-order valence-corrected chi connectivity index (χ0v) is 12.4. The van der Waals surface area contributed by atoms with Gasteiger partial charge < -0.3 is 10.0 Å². The number of thioether (sulfide) groups is 1. The topological polar surface area (TPSA) is 53.4 Å². The van der Waals surface area contributed by atoms with E-state index in [9.17, 15) is 9.90 Å². The van der Waals surface area contributed by atoms with Crippen LogP contribution in [-0.2, 0) is 11.3 Å². The molecule has 0 radical (unpaired) electrons. The first kappa shape index (κ1) is 16.0. The van der Waals surface area contributed by atoms with Gasteiger partial charge in [-0.15, -0.1) is 0 Å². The number of pyridine rings is 1. The SMILES string of the molecule is CC[C@H](CO)N(Cc1ccccn1)C(=O)CCSC. The highest BCUT2D eigenvalue weighted by molar-refractivity contribution is 7.98. The molecule has 5 heteroatoms. The van der Waals surface area contributed by atoms with E-state index in [1.807, 2.05) is 31.4 Å². The van der Waals surface area contributed by atoms with Gasteiger partial charge in [0.05, 0.1) is 24.9 Å². The number of aliphatic hydroxyl groups excluding tert-OH is 1. The van der Waals surface area contributed by atoms with E-state index in [4.69, 9.17) is 0 Å². The Hall–Kier alpha value is -1.07. The van der Waals surface area contributed by atoms with Crippen LogP contribution in [0.4, 0.5) is 0 Å². The van der Waals surface area contributed by atoms with Crippen LogP contribution in [-0.4, -0.2) is 45.6 Å². The Kier molecular flexibility index (Phi) is 7.52. The number of hydrogen-bond acceptors (Lipinski definition) is 4. The van der Waals surface area contributed by atoms with Crippen molar-refractivity contribution < 1.29 is 9.90 Å². The molecule has 0 aliphatic rings. The van der Waals surface area contributed by atoms with E-state index in [1.54, 1.807) is 22.9 Å². The molecule has 0 aliphatic carbocycles. The molecule has 4 nitrogen and oxygen atoms in total. The Labute approximate surface area is 119 Å². The first-order valence-corrected chi connectivity index (χ1v) is 7.91. The fraction of sp³-hybridized carbons (Fsp3) is 0.571. The summed E-state index contributed by atoms with van der Waals surface area (Å²) in [4.78, 5) is 18.2. The van der Waals surface area contributed by atoms with Gasteiger partial charge in [-0.3, -0.25) is 9.78 Å². The Morgan fingerprint density at radius 1 is 1.53 bits per heavy atom. The van der Waals surface area contributed by atoms with Crippen LogP contribution in [0.3, 0.4) is 0 Å². The van der Waals surface area contributed by atoms with Gasteiger partial charge in [0, 0.05) is 18.4 Å². The molecule has 106 valence electrons. The third kappa shape index (κ3) is 5.20. The summed E-state index contributed by atoms with van der Waals surface area (Å²) in [6, 6.07) is 5.54. The van der Waals surface area contributed by atoms with Crippen molar-refractivity contribution in [2.75, 3.05) is 18.6 Å². The van der Waals surface area contributed by atoms with Gasteiger partial charge in [0.15, 0.2) is 0 Å². The lowest BCUT2D eigenvalue weighted by Gasteiger charge is -2.29. The Bertz CT molecular complexity index is 369. The highest BCUT2D eigenvalue weighted by Crippen LogP contribution is 2.12. The zero-order chi connectivity index (χ0) is 14.1. The van der Waals surface area contributed by atoms with E-state index in [-0.39, 0.29) is 18.6 Å². The number of nitrogens with zero attached hydrogens (tertiary/aromatic N) is 2. The second kappa shape index (κ2) is 8.93. The van der Waals surface area contributed by atoms with Gasteiger partial charge in [-0.2, -0.15) is 11.8 Å². The lowest BCUT2D eigenvalue weighted by atomic mass is 10.1. The smallest absolute Gasteiger partial charge is 0.224 e. The highest BCUT2D eigenvalue weighted by atomic mass is 32.2. The molecule has 1 aromatic heterocycles. The normalized spacial score (nSPS) is 12.2. The molecule has 1 atom stereocenters. The molecule has 0 spiro atoms. The van der Waals surface area contributed by atoms with Crippen LogP contribution < -0.4 is 0 Å². The first-order valence-electron chi connectivity index (χ1n) is 6.52. The minimum atomic E-state index is -0.128. The van der Waals surface area contributed by atoms with Gasteiger partial charge in [-0.25, -0.2) is 0 Å². The van der Waals surface area contributed by atoms with Crippen LogP contribution in [0.1, 0.15) is 25.5 Å². The van der Waals surface area contributed by atoms with Crippen LogP contribution in [0.25, 0.3) is 0 Å². The van der Waals surface area contributed by atoms with Crippen LogP contribution in [0.2, 0.25) is 0 Å². The maximum atomic E-state index is 12.2. The molecule has 0 fully saturated rings. The predicted octanol–water partition coefficient (Wildman–Crippen LogP) is 1.93. The largest absolute Gasteiger partial charge is 0.394 e. The van der Waals surface area contributed by atoms with E-state index in [1.165, 1.54) is 0 Å². The van der Waals surface area contributed by atoms with Gasteiger partial charge >= 0.3 is 0 Å². The van der Waals surface area contributed by atoms with E-state index in [0.717, 1.165) is 17.9 Å². The van der Waals surface area contributed by atoms with Crippen LogP contribution >= 0.6 is 11.8 Å². The van der Waals surface area contributed by atoms with E-state index < -0.39 is 0 Å². The van der Waals surface area contributed by atoms with Crippen LogP contribution in [0, 0.1) is 0 Å². The van der Waals surface area contributed by atoms with Crippen molar-refractivity contribution >= 4 is 17.7 Å². The van der Waals surface area contributed by atoms with Crippen molar-refractivity contribution in [2.24, 2.45) is 0 Å². The van der Waals surface area contributed by atoms with Crippen molar-refractivity contribution in [3.8, 4) is 0 Å². The van der Waals surface area contributed by atoms with E-state index in [2.05, 4.69) is 4.98 Å². The molecule has 0 bridgehead atoms. The van der Waals surface area contributed by atoms with Crippen molar-refractivity contribution in [3.63, 3.8) is 0 Å². The number of hydrogen-bond donors (Lipinski definition) is 1. The minimum Gasteiger partial charge on any atom is -0.394 e. The fourth-order valence-corrected chi connectivity index (χ4v) is 2.25. The molecule has 0 saturated carbocycles. The van der Waals surface area contributed by atoms with Crippen molar-refractivity contribution in [1.29, 1.82) is 0 Å². The maximum absolute atomic E-state index is 12.2. The summed E-state index contributed by atoms with van der Waals surface area (Å²) in [5.41, 5.74) is 0.854. The van der Waals surface area contributed by atoms with Crippen molar-refractivity contribution in [3.05, 3.63) is 30.1 Å². The van der Waals surface area contributed by atoms with Crippen molar-refractivity contribution in [2.45, 2.75) is 32.4 Å². The summed E-state index contributed by atoms with van der Waals surface area (Å²) in [6.45, 7) is 2.44. The van der Waals surface area contributed by atoms with Gasteiger partial charge in [0.1, 0.15) is 0 Å². The second-order valence-electron chi connectivity index (χ2n) is 4.33. The average Bonchev–Trinajstić information content (AvgIpc) is 2.46.